The first-order chi connectivity index (χ1) is 8.11. The van der Waals surface area contributed by atoms with Gasteiger partial charge in [-0.25, -0.2) is 0 Å². The molecule has 2 heteroatoms. The average Bonchev–Trinajstić information content (AvgIpc) is 3.14. The van der Waals surface area contributed by atoms with Crippen LogP contribution in [0.5, 0.6) is 0 Å². The van der Waals surface area contributed by atoms with E-state index in [-0.39, 0.29) is 12.0 Å². The van der Waals surface area contributed by atoms with E-state index in [1.807, 2.05) is 32.0 Å². The number of ketones is 1. The van der Waals surface area contributed by atoms with Gasteiger partial charge in [-0.15, -0.1) is 0 Å². The molecule has 0 aliphatic heterocycles. The van der Waals surface area contributed by atoms with Crippen molar-refractivity contribution in [2.75, 3.05) is 7.05 Å². The lowest BCUT2D eigenvalue weighted by Crippen LogP contribution is -2.34. The second kappa shape index (κ2) is 5.01. The predicted octanol–water partition coefficient (Wildman–Crippen LogP) is 3.05. The maximum Gasteiger partial charge on any atom is 0.157 e. The van der Waals surface area contributed by atoms with Crippen molar-refractivity contribution < 1.29 is 4.79 Å². The summed E-state index contributed by atoms with van der Waals surface area (Å²) in [5.41, 5.74) is 1.13. The zero-order valence-electron chi connectivity index (χ0n) is 10.9. The fraction of sp³-hybridized carbons (Fsp3) is 0.533. The van der Waals surface area contributed by atoms with E-state index in [4.69, 9.17) is 0 Å². The third-order valence-electron chi connectivity index (χ3n) is 3.48. The zero-order chi connectivity index (χ0) is 12.4. The van der Waals surface area contributed by atoms with Crippen LogP contribution in [0.3, 0.4) is 0 Å². The fourth-order valence-corrected chi connectivity index (χ4v) is 2.24. The van der Waals surface area contributed by atoms with Crippen molar-refractivity contribution in [3.63, 3.8) is 0 Å². The Morgan fingerprint density at radius 1 is 1.24 bits per heavy atom. The molecule has 2 rings (SSSR count). The molecule has 0 aromatic heterocycles. The summed E-state index contributed by atoms with van der Waals surface area (Å²) >= 11 is 0. The van der Waals surface area contributed by atoms with Crippen molar-refractivity contribution in [3.8, 4) is 0 Å². The van der Waals surface area contributed by atoms with E-state index in [1.165, 1.54) is 12.8 Å². The Hall–Kier alpha value is -1.15. The third-order valence-corrected chi connectivity index (χ3v) is 3.48. The Morgan fingerprint density at radius 2 is 1.82 bits per heavy atom. The third kappa shape index (κ3) is 2.75. The first-order valence-electron chi connectivity index (χ1n) is 6.42. The number of hydrogen-bond acceptors (Lipinski definition) is 2. The van der Waals surface area contributed by atoms with Gasteiger partial charge < -0.3 is 0 Å². The van der Waals surface area contributed by atoms with Gasteiger partial charge in [-0.1, -0.05) is 44.2 Å². The lowest BCUT2D eigenvalue weighted by atomic mass is 9.94. The highest BCUT2D eigenvalue weighted by Crippen LogP contribution is 2.34. The maximum atomic E-state index is 12.4. The SMILES string of the molecule is CC(C)C(=O)[C@@H](c1ccccc1)N(C)C1CC1. The number of hydrogen-bond donors (Lipinski definition) is 0. The maximum absolute atomic E-state index is 12.4. The molecule has 0 N–H and O–H groups in total. The first-order valence-corrected chi connectivity index (χ1v) is 6.42. The van der Waals surface area contributed by atoms with Crippen LogP contribution in [0.4, 0.5) is 0 Å². The molecule has 92 valence electrons. The van der Waals surface area contributed by atoms with E-state index in [1.54, 1.807) is 0 Å². The highest BCUT2D eigenvalue weighted by Gasteiger charge is 2.35. The summed E-state index contributed by atoms with van der Waals surface area (Å²) < 4.78 is 0. The summed E-state index contributed by atoms with van der Waals surface area (Å²) in [7, 11) is 2.08. The van der Waals surface area contributed by atoms with Crippen molar-refractivity contribution in [2.45, 2.75) is 38.8 Å². The molecular formula is C15H21NO. The quantitative estimate of drug-likeness (QED) is 0.776. The Bertz CT molecular complexity index is 381. The average molecular weight is 231 g/mol. The van der Waals surface area contributed by atoms with Crippen LogP contribution in [-0.4, -0.2) is 23.8 Å². The van der Waals surface area contributed by atoms with Crippen LogP contribution in [0.15, 0.2) is 30.3 Å². The van der Waals surface area contributed by atoms with Gasteiger partial charge in [0.2, 0.25) is 0 Å². The Labute approximate surface area is 104 Å². The largest absolute Gasteiger partial charge is 0.297 e. The van der Waals surface area contributed by atoms with Crippen molar-refractivity contribution in [3.05, 3.63) is 35.9 Å². The minimum absolute atomic E-state index is 0.0660. The van der Waals surface area contributed by atoms with Crippen molar-refractivity contribution in [2.24, 2.45) is 5.92 Å². The van der Waals surface area contributed by atoms with Crippen LogP contribution in [0.25, 0.3) is 0 Å². The number of likely N-dealkylation sites (N-methyl/N-ethyl adjacent to an activating group) is 1. The summed E-state index contributed by atoms with van der Waals surface area (Å²) in [4.78, 5) is 14.6. The van der Waals surface area contributed by atoms with Gasteiger partial charge in [-0.2, -0.15) is 0 Å². The van der Waals surface area contributed by atoms with Gasteiger partial charge in [0.25, 0.3) is 0 Å². The highest BCUT2D eigenvalue weighted by molar-refractivity contribution is 5.87. The second-order valence-electron chi connectivity index (χ2n) is 5.27. The molecule has 0 radical (unpaired) electrons. The smallest absolute Gasteiger partial charge is 0.157 e. The number of Topliss-reactive ketones (excluding diaryl/α,β-unsaturated/α-hetero) is 1. The summed E-state index contributed by atoms with van der Waals surface area (Å²) in [5.74, 6) is 0.409. The highest BCUT2D eigenvalue weighted by atomic mass is 16.1. The van der Waals surface area contributed by atoms with Crippen LogP contribution >= 0.6 is 0 Å². The molecule has 1 fully saturated rings. The van der Waals surface area contributed by atoms with Gasteiger partial charge in [0.05, 0.1) is 6.04 Å². The van der Waals surface area contributed by atoms with Gasteiger partial charge in [0.1, 0.15) is 0 Å². The minimum atomic E-state index is -0.0660. The predicted molar refractivity (Wildman–Crippen MR) is 69.8 cm³/mol. The van der Waals surface area contributed by atoms with Crippen LogP contribution in [0, 0.1) is 5.92 Å². The van der Waals surface area contributed by atoms with Gasteiger partial charge >= 0.3 is 0 Å². The molecule has 1 aromatic carbocycles. The van der Waals surface area contributed by atoms with Gasteiger partial charge in [-0.05, 0) is 25.5 Å². The van der Waals surface area contributed by atoms with Crippen molar-refractivity contribution in [1.82, 2.24) is 4.90 Å². The van der Waals surface area contributed by atoms with Crippen LogP contribution < -0.4 is 0 Å². The van der Waals surface area contributed by atoms with E-state index >= 15 is 0 Å². The molecule has 1 aromatic rings. The molecule has 1 saturated carbocycles. The standard InChI is InChI=1S/C15H21NO/c1-11(2)15(17)14(16(3)13-9-10-13)12-7-5-4-6-8-12/h4-8,11,13-14H,9-10H2,1-3H3/t14-/m1/s1. The second-order valence-corrected chi connectivity index (χ2v) is 5.27. The molecule has 1 aliphatic rings. The van der Waals surface area contributed by atoms with E-state index in [0.717, 1.165) is 5.56 Å². The normalized spacial score (nSPS) is 17.5. The van der Waals surface area contributed by atoms with Gasteiger partial charge in [0.15, 0.2) is 5.78 Å². The molecule has 17 heavy (non-hydrogen) atoms. The summed E-state index contributed by atoms with van der Waals surface area (Å²) in [5, 5.41) is 0. The monoisotopic (exact) mass is 231 g/mol. The Morgan fingerprint density at radius 3 is 2.29 bits per heavy atom. The molecule has 0 bridgehead atoms. The van der Waals surface area contributed by atoms with Crippen LogP contribution in [0.2, 0.25) is 0 Å². The lowest BCUT2D eigenvalue weighted by Gasteiger charge is -2.28. The van der Waals surface area contributed by atoms with Gasteiger partial charge in [-0.3, -0.25) is 9.69 Å². The van der Waals surface area contributed by atoms with E-state index in [9.17, 15) is 4.79 Å². The number of carbonyl (C=O) groups is 1. The van der Waals surface area contributed by atoms with Gasteiger partial charge in [0, 0.05) is 12.0 Å². The molecule has 0 heterocycles. The van der Waals surface area contributed by atoms with Crippen molar-refractivity contribution >= 4 is 5.78 Å². The van der Waals surface area contributed by atoms with E-state index < -0.39 is 0 Å². The molecular weight excluding hydrogens is 210 g/mol. The topological polar surface area (TPSA) is 20.3 Å². The molecule has 0 unspecified atom stereocenters. The Kier molecular flexibility index (Phi) is 3.63. The van der Waals surface area contributed by atoms with E-state index in [2.05, 4.69) is 24.1 Å². The number of benzene rings is 1. The van der Waals surface area contributed by atoms with Crippen molar-refractivity contribution in [1.29, 1.82) is 0 Å². The van der Waals surface area contributed by atoms with Crippen LogP contribution in [0.1, 0.15) is 38.3 Å². The fourth-order valence-electron chi connectivity index (χ4n) is 2.24. The first kappa shape index (κ1) is 12.3. The summed E-state index contributed by atoms with van der Waals surface area (Å²) in [6, 6.07) is 10.7. The minimum Gasteiger partial charge on any atom is -0.297 e. The van der Waals surface area contributed by atoms with E-state index in [0.29, 0.717) is 11.8 Å². The number of nitrogens with zero attached hydrogens (tertiary/aromatic N) is 1. The number of carbonyl (C=O) groups excluding carboxylic acids is 1. The molecule has 1 aliphatic carbocycles. The molecule has 0 spiro atoms. The lowest BCUT2D eigenvalue weighted by molar-refractivity contribution is -0.127. The molecule has 1 atom stereocenters. The molecule has 0 amide bonds. The van der Waals surface area contributed by atoms with Crippen LogP contribution in [-0.2, 0) is 4.79 Å². The zero-order valence-corrected chi connectivity index (χ0v) is 10.9. The summed E-state index contributed by atoms with van der Waals surface area (Å²) in [6.45, 7) is 3.97. The Balaban J connectivity index is 2.26. The summed E-state index contributed by atoms with van der Waals surface area (Å²) in [6.07, 6.45) is 2.45. The number of rotatable bonds is 5. The molecule has 2 nitrogen and oxygen atoms in total. The molecule has 0 saturated heterocycles.